The fourth-order valence-electron chi connectivity index (χ4n) is 4.55. The van der Waals surface area contributed by atoms with Gasteiger partial charge in [0.25, 0.3) is 0 Å². The van der Waals surface area contributed by atoms with E-state index >= 15 is 0 Å². The van der Waals surface area contributed by atoms with Crippen LogP contribution in [0.2, 0.25) is 0 Å². The Kier molecular flexibility index (Phi) is 7.23. The topological polar surface area (TPSA) is 95.9 Å². The van der Waals surface area contributed by atoms with Crippen molar-refractivity contribution in [3.8, 4) is 11.1 Å². The van der Waals surface area contributed by atoms with Crippen LogP contribution >= 0.6 is 11.8 Å². The van der Waals surface area contributed by atoms with Crippen molar-refractivity contribution in [1.29, 1.82) is 0 Å². The minimum atomic E-state index is -0.922. The van der Waals surface area contributed by atoms with Gasteiger partial charge in [0.05, 0.1) is 0 Å². The number of amides is 2. The van der Waals surface area contributed by atoms with Crippen molar-refractivity contribution in [3.63, 3.8) is 0 Å². The number of carbonyl (C=O) groups is 3. The van der Waals surface area contributed by atoms with Gasteiger partial charge in [0.15, 0.2) is 0 Å². The number of hydrogen-bond donors (Lipinski definition) is 2. The molecule has 174 valence electrons. The number of nitrogens with zero attached hydrogens (tertiary/aromatic N) is 1. The largest absolute Gasteiger partial charge is 0.480 e. The van der Waals surface area contributed by atoms with Gasteiger partial charge in [-0.05, 0) is 28.7 Å². The molecule has 2 aliphatic rings. The molecule has 2 atom stereocenters. The second-order valence-corrected chi connectivity index (χ2v) is 9.60. The van der Waals surface area contributed by atoms with Gasteiger partial charge in [-0.25, -0.2) is 4.79 Å². The van der Waals surface area contributed by atoms with E-state index in [1.165, 1.54) is 11.8 Å². The molecule has 0 spiro atoms. The molecule has 2 N–H and O–H groups in total. The van der Waals surface area contributed by atoms with E-state index in [2.05, 4.69) is 29.6 Å². The fraction of sp³-hybridized carbons (Fsp3) is 0.400. The Morgan fingerprint density at radius 3 is 2.36 bits per heavy atom. The lowest BCUT2D eigenvalue weighted by molar-refractivity contribution is -0.138. The van der Waals surface area contributed by atoms with Crippen LogP contribution in [0.1, 0.15) is 36.8 Å². The number of carboxylic acid groups (broad SMARTS) is 1. The first-order chi connectivity index (χ1) is 16.0. The molecule has 2 aromatic carbocycles. The summed E-state index contributed by atoms with van der Waals surface area (Å²) >= 11 is 1.34. The number of nitrogens with one attached hydrogen (secondary N) is 1. The summed E-state index contributed by atoms with van der Waals surface area (Å²) in [5.74, 6) is -0.670. The number of thioether (sulfide) groups is 1. The Bertz CT molecular complexity index is 997. The Labute approximate surface area is 197 Å². The molecule has 1 unspecified atom stereocenters. The smallest absolute Gasteiger partial charge is 0.407 e. The Morgan fingerprint density at radius 2 is 1.76 bits per heavy atom. The van der Waals surface area contributed by atoms with Crippen molar-refractivity contribution < 1.29 is 24.2 Å². The van der Waals surface area contributed by atoms with E-state index in [0.717, 1.165) is 22.3 Å². The number of alkyl carbamates (subject to hydrolysis) is 1. The van der Waals surface area contributed by atoms with Crippen LogP contribution in [0, 0.1) is 0 Å². The summed E-state index contributed by atoms with van der Waals surface area (Å²) in [6, 6.07) is 15.5. The fourth-order valence-corrected chi connectivity index (χ4v) is 5.59. The molecule has 7 nitrogen and oxygen atoms in total. The van der Waals surface area contributed by atoms with E-state index in [9.17, 15) is 19.5 Å². The van der Waals surface area contributed by atoms with Crippen molar-refractivity contribution in [3.05, 3.63) is 59.7 Å². The number of hydrogen-bond acceptors (Lipinski definition) is 5. The second kappa shape index (κ2) is 10.3. The van der Waals surface area contributed by atoms with Gasteiger partial charge >= 0.3 is 12.1 Å². The van der Waals surface area contributed by atoms with Gasteiger partial charge in [0, 0.05) is 24.8 Å². The molecule has 8 heteroatoms. The molecular weight excluding hydrogens is 440 g/mol. The zero-order chi connectivity index (χ0) is 23.4. The van der Waals surface area contributed by atoms with Crippen molar-refractivity contribution in [2.45, 2.75) is 37.0 Å². The number of aliphatic carboxylic acids is 1. The average Bonchev–Trinajstić information content (AvgIpc) is 3.16. The molecule has 2 amide bonds. The van der Waals surface area contributed by atoms with Crippen molar-refractivity contribution in [2.75, 3.05) is 25.4 Å². The molecule has 1 heterocycles. The molecule has 1 saturated heterocycles. The number of carboxylic acids is 1. The van der Waals surface area contributed by atoms with Gasteiger partial charge < -0.3 is 20.1 Å². The van der Waals surface area contributed by atoms with E-state index in [-0.39, 0.29) is 25.0 Å². The SMILES string of the molecule is CCC[C@@H](NC(=O)OCC1c2ccccc2-c2ccccc21)C(=O)N1CCSC(C(=O)O)C1. The highest BCUT2D eigenvalue weighted by molar-refractivity contribution is 8.00. The van der Waals surface area contributed by atoms with Gasteiger partial charge in [0.2, 0.25) is 5.91 Å². The van der Waals surface area contributed by atoms with Crippen molar-refractivity contribution in [2.24, 2.45) is 0 Å². The second-order valence-electron chi connectivity index (χ2n) is 8.29. The molecule has 1 fully saturated rings. The molecular formula is C25H28N2O5S. The number of carbonyl (C=O) groups excluding carboxylic acids is 2. The third-order valence-corrected chi connectivity index (χ3v) is 7.34. The summed E-state index contributed by atoms with van der Waals surface area (Å²) in [5.41, 5.74) is 4.55. The summed E-state index contributed by atoms with van der Waals surface area (Å²) in [6.07, 6.45) is 0.528. The van der Waals surface area contributed by atoms with E-state index in [0.29, 0.717) is 25.1 Å². The van der Waals surface area contributed by atoms with Crippen molar-refractivity contribution >= 4 is 29.7 Å². The standard InChI is InChI=1S/C25H28N2O5S/c1-2-7-21(23(28)27-12-13-33-22(14-27)24(29)30)26-25(31)32-15-20-18-10-5-3-8-16(18)17-9-4-6-11-19(17)20/h3-6,8-11,20-22H,2,7,12-15H2,1H3,(H,26,31)(H,29,30)/t21-,22?/m1/s1. The number of rotatable bonds is 7. The summed E-state index contributed by atoms with van der Waals surface area (Å²) in [6.45, 7) is 2.73. The van der Waals surface area contributed by atoms with Gasteiger partial charge in [0.1, 0.15) is 17.9 Å². The maximum Gasteiger partial charge on any atom is 0.407 e. The Hall–Kier alpha value is -3.00. The van der Waals surface area contributed by atoms with Crippen LogP contribution in [-0.4, -0.2) is 64.7 Å². The first-order valence-corrected chi connectivity index (χ1v) is 12.3. The molecule has 0 radical (unpaired) electrons. The zero-order valence-electron chi connectivity index (χ0n) is 18.5. The van der Waals surface area contributed by atoms with Gasteiger partial charge in [-0.2, -0.15) is 0 Å². The number of benzene rings is 2. The van der Waals surface area contributed by atoms with E-state index in [1.54, 1.807) is 4.90 Å². The van der Waals surface area contributed by atoms with Crippen LogP contribution in [-0.2, 0) is 14.3 Å². The normalized spacial score (nSPS) is 18.2. The first kappa shape index (κ1) is 23.2. The van der Waals surface area contributed by atoms with E-state index in [1.807, 2.05) is 31.2 Å². The lowest BCUT2D eigenvalue weighted by Gasteiger charge is -2.33. The minimum Gasteiger partial charge on any atom is -0.480 e. The highest BCUT2D eigenvalue weighted by Crippen LogP contribution is 2.44. The van der Waals surface area contributed by atoms with Gasteiger partial charge in [-0.15, -0.1) is 11.8 Å². The molecule has 2 aromatic rings. The van der Waals surface area contributed by atoms with Gasteiger partial charge in [-0.3, -0.25) is 9.59 Å². The summed E-state index contributed by atoms with van der Waals surface area (Å²) in [4.78, 5) is 38.6. The quantitative estimate of drug-likeness (QED) is 0.643. The van der Waals surface area contributed by atoms with Crippen LogP contribution in [0.4, 0.5) is 4.79 Å². The highest BCUT2D eigenvalue weighted by Gasteiger charge is 2.33. The summed E-state index contributed by atoms with van der Waals surface area (Å²) in [7, 11) is 0. The molecule has 0 bridgehead atoms. The predicted molar refractivity (Wildman–Crippen MR) is 127 cm³/mol. The summed E-state index contributed by atoms with van der Waals surface area (Å²) < 4.78 is 5.59. The third-order valence-electron chi connectivity index (χ3n) is 6.16. The van der Waals surface area contributed by atoms with Crippen molar-refractivity contribution in [1.82, 2.24) is 10.2 Å². The number of fused-ring (bicyclic) bond motifs is 3. The molecule has 0 saturated carbocycles. The van der Waals surface area contributed by atoms with Crippen LogP contribution < -0.4 is 5.32 Å². The maximum atomic E-state index is 13.0. The minimum absolute atomic E-state index is 0.0566. The monoisotopic (exact) mass is 468 g/mol. The Morgan fingerprint density at radius 1 is 1.12 bits per heavy atom. The third kappa shape index (κ3) is 5.00. The zero-order valence-corrected chi connectivity index (χ0v) is 19.3. The molecule has 1 aliphatic carbocycles. The molecule has 33 heavy (non-hydrogen) atoms. The van der Waals surface area contributed by atoms with Crippen LogP contribution in [0.15, 0.2) is 48.5 Å². The van der Waals surface area contributed by atoms with Crippen LogP contribution in [0.3, 0.4) is 0 Å². The Balaban J connectivity index is 1.40. The molecule has 4 rings (SSSR count). The van der Waals surface area contributed by atoms with Gasteiger partial charge in [-0.1, -0.05) is 61.9 Å². The predicted octanol–water partition coefficient (Wildman–Crippen LogP) is 3.72. The van der Waals surface area contributed by atoms with Crippen LogP contribution in [0.5, 0.6) is 0 Å². The lowest BCUT2D eigenvalue weighted by atomic mass is 9.98. The first-order valence-electron chi connectivity index (χ1n) is 11.2. The molecule has 1 aliphatic heterocycles. The summed E-state index contributed by atoms with van der Waals surface area (Å²) in [5, 5.41) is 11.4. The maximum absolute atomic E-state index is 13.0. The van der Waals surface area contributed by atoms with E-state index < -0.39 is 23.4 Å². The van der Waals surface area contributed by atoms with Crippen LogP contribution in [0.25, 0.3) is 11.1 Å². The highest BCUT2D eigenvalue weighted by atomic mass is 32.2. The van der Waals surface area contributed by atoms with E-state index in [4.69, 9.17) is 4.74 Å². The number of ether oxygens (including phenoxy) is 1. The lowest BCUT2D eigenvalue weighted by Crippen LogP contribution is -2.53. The molecule has 0 aromatic heterocycles. The average molecular weight is 469 g/mol.